The zero-order valence-electron chi connectivity index (χ0n) is 12.0. The first-order chi connectivity index (χ1) is 8.99. The molecule has 3 rings (SSSR count). The molecule has 19 heavy (non-hydrogen) atoms. The van der Waals surface area contributed by atoms with E-state index in [9.17, 15) is 9.90 Å². The molecule has 1 fully saturated rings. The molecule has 0 spiro atoms. The van der Waals surface area contributed by atoms with Gasteiger partial charge < -0.3 is 5.11 Å². The number of allylic oxidation sites excluding steroid dienone is 4. The van der Waals surface area contributed by atoms with Crippen LogP contribution in [-0.2, 0) is 4.79 Å². The standard InChI is InChI=1S/C17H24O2/c1-16(11-18)8-3-9-17(2)14-10-13(19)6-4-12(14)5-7-15(16)17/h5,10,15,18H,3-4,6-9,11H2,1-2H3. The molecule has 0 aromatic rings. The average molecular weight is 260 g/mol. The number of aliphatic hydroxyl groups excluding tert-OH is 1. The van der Waals surface area contributed by atoms with E-state index in [0.717, 1.165) is 32.1 Å². The summed E-state index contributed by atoms with van der Waals surface area (Å²) < 4.78 is 0. The van der Waals surface area contributed by atoms with E-state index in [1.807, 2.05) is 6.08 Å². The highest BCUT2D eigenvalue weighted by Crippen LogP contribution is 2.60. The summed E-state index contributed by atoms with van der Waals surface area (Å²) in [4.78, 5) is 11.8. The number of fused-ring (bicyclic) bond motifs is 3. The van der Waals surface area contributed by atoms with Crippen molar-refractivity contribution >= 4 is 5.78 Å². The van der Waals surface area contributed by atoms with E-state index in [-0.39, 0.29) is 23.2 Å². The molecule has 0 aromatic heterocycles. The Morgan fingerprint density at radius 2 is 2.11 bits per heavy atom. The maximum absolute atomic E-state index is 11.8. The molecule has 1 N–H and O–H groups in total. The number of carbonyl (C=O) groups is 1. The maximum atomic E-state index is 11.8. The van der Waals surface area contributed by atoms with Crippen LogP contribution in [0.2, 0.25) is 0 Å². The molecular weight excluding hydrogens is 236 g/mol. The Morgan fingerprint density at radius 3 is 2.84 bits per heavy atom. The molecule has 3 aliphatic carbocycles. The molecule has 2 heteroatoms. The highest BCUT2D eigenvalue weighted by molar-refractivity contribution is 5.93. The molecule has 2 nitrogen and oxygen atoms in total. The van der Waals surface area contributed by atoms with Crippen LogP contribution in [0.25, 0.3) is 0 Å². The molecule has 0 amide bonds. The van der Waals surface area contributed by atoms with E-state index in [0.29, 0.717) is 12.3 Å². The number of hydrogen-bond donors (Lipinski definition) is 1. The summed E-state index contributed by atoms with van der Waals surface area (Å²) in [5, 5.41) is 9.84. The lowest BCUT2D eigenvalue weighted by atomic mass is 9.49. The summed E-state index contributed by atoms with van der Waals surface area (Å²) in [5.41, 5.74) is 2.80. The number of rotatable bonds is 1. The molecule has 0 aliphatic heterocycles. The molecule has 0 bridgehead atoms. The second-order valence-electron chi connectivity index (χ2n) is 7.13. The van der Waals surface area contributed by atoms with Crippen molar-refractivity contribution in [3.8, 4) is 0 Å². The lowest BCUT2D eigenvalue weighted by molar-refractivity contribution is -0.115. The summed E-state index contributed by atoms with van der Waals surface area (Å²) >= 11 is 0. The molecule has 3 unspecified atom stereocenters. The molecule has 0 saturated heterocycles. The van der Waals surface area contributed by atoms with Crippen molar-refractivity contribution in [2.75, 3.05) is 6.61 Å². The quantitative estimate of drug-likeness (QED) is 0.784. The van der Waals surface area contributed by atoms with Crippen LogP contribution in [0.15, 0.2) is 23.3 Å². The Hall–Kier alpha value is -0.890. The number of hydrogen-bond acceptors (Lipinski definition) is 2. The van der Waals surface area contributed by atoms with Gasteiger partial charge in [0.2, 0.25) is 0 Å². The third-order valence-electron chi connectivity index (χ3n) is 5.92. The summed E-state index contributed by atoms with van der Waals surface area (Å²) in [7, 11) is 0. The smallest absolute Gasteiger partial charge is 0.156 e. The Labute approximate surface area is 115 Å². The minimum Gasteiger partial charge on any atom is -0.396 e. The van der Waals surface area contributed by atoms with Gasteiger partial charge in [0.15, 0.2) is 5.78 Å². The van der Waals surface area contributed by atoms with E-state index in [2.05, 4.69) is 19.9 Å². The Balaban J connectivity index is 2.08. The fraction of sp³-hybridized carbons (Fsp3) is 0.706. The number of ketones is 1. The van der Waals surface area contributed by atoms with Gasteiger partial charge in [0.25, 0.3) is 0 Å². The lowest BCUT2D eigenvalue weighted by Gasteiger charge is -2.55. The van der Waals surface area contributed by atoms with Crippen molar-refractivity contribution in [2.24, 2.45) is 16.7 Å². The summed E-state index contributed by atoms with van der Waals surface area (Å²) in [6.45, 7) is 4.80. The fourth-order valence-electron chi connectivity index (χ4n) is 4.76. The highest BCUT2D eigenvalue weighted by Gasteiger charge is 2.52. The Kier molecular flexibility index (Phi) is 2.97. The van der Waals surface area contributed by atoms with Gasteiger partial charge in [-0.05, 0) is 59.7 Å². The van der Waals surface area contributed by atoms with Crippen LogP contribution in [0.4, 0.5) is 0 Å². The first kappa shape index (κ1) is 13.1. The van der Waals surface area contributed by atoms with Crippen LogP contribution < -0.4 is 0 Å². The second kappa shape index (κ2) is 4.31. The van der Waals surface area contributed by atoms with Crippen molar-refractivity contribution in [3.63, 3.8) is 0 Å². The third-order valence-corrected chi connectivity index (χ3v) is 5.92. The van der Waals surface area contributed by atoms with E-state index in [1.165, 1.54) is 11.1 Å². The van der Waals surface area contributed by atoms with Crippen molar-refractivity contribution in [1.82, 2.24) is 0 Å². The molecule has 0 aromatic carbocycles. The van der Waals surface area contributed by atoms with Crippen molar-refractivity contribution < 1.29 is 9.90 Å². The molecule has 1 saturated carbocycles. The molecule has 3 atom stereocenters. The summed E-state index contributed by atoms with van der Waals surface area (Å²) in [5.74, 6) is 0.755. The van der Waals surface area contributed by atoms with Gasteiger partial charge in [0, 0.05) is 13.0 Å². The number of carbonyl (C=O) groups excluding carboxylic acids is 1. The van der Waals surface area contributed by atoms with Gasteiger partial charge in [-0.3, -0.25) is 4.79 Å². The van der Waals surface area contributed by atoms with Crippen LogP contribution in [0.1, 0.15) is 52.4 Å². The van der Waals surface area contributed by atoms with Gasteiger partial charge in [0.05, 0.1) is 0 Å². The molecule has 3 aliphatic rings. The second-order valence-corrected chi connectivity index (χ2v) is 7.13. The third kappa shape index (κ3) is 1.84. The van der Waals surface area contributed by atoms with Crippen LogP contribution in [-0.4, -0.2) is 17.5 Å². The zero-order valence-corrected chi connectivity index (χ0v) is 12.0. The van der Waals surface area contributed by atoms with E-state index < -0.39 is 0 Å². The van der Waals surface area contributed by atoms with Gasteiger partial charge in [-0.2, -0.15) is 0 Å². The van der Waals surface area contributed by atoms with Gasteiger partial charge in [-0.15, -0.1) is 0 Å². The monoisotopic (exact) mass is 260 g/mol. The SMILES string of the molecule is CC1(CO)CCCC2(C)C3=CC(=O)CCC3=CCC12. The van der Waals surface area contributed by atoms with Gasteiger partial charge in [-0.25, -0.2) is 0 Å². The highest BCUT2D eigenvalue weighted by atomic mass is 16.3. The van der Waals surface area contributed by atoms with E-state index >= 15 is 0 Å². The van der Waals surface area contributed by atoms with Crippen LogP contribution in [0.3, 0.4) is 0 Å². The van der Waals surface area contributed by atoms with Crippen LogP contribution in [0, 0.1) is 16.7 Å². The van der Waals surface area contributed by atoms with Gasteiger partial charge >= 0.3 is 0 Å². The first-order valence-electron chi connectivity index (χ1n) is 7.55. The Morgan fingerprint density at radius 1 is 1.32 bits per heavy atom. The summed E-state index contributed by atoms with van der Waals surface area (Å²) in [6.07, 6.45) is 10.3. The molecule has 0 heterocycles. The van der Waals surface area contributed by atoms with Crippen molar-refractivity contribution in [3.05, 3.63) is 23.3 Å². The normalized spacial score (nSPS) is 42.1. The average Bonchev–Trinajstić information content (AvgIpc) is 2.39. The largest absolute Gasteiger partial charge is 0.396 e. The Bertz CT molecular complexity index is 474. The predicted molar refractivity (Wildman–Crippen MR) is 75.7 cm³/mol. The zero-order chi connectivity index (χ0) is 13.7. The molecular formula is C17H24O2. The first-order valence-corrected chi connectivity index (χ1v) is 7.55. The number of aliphatic hydroxyl groups is 1. The van der Waals surface area contributed by atoms with Crippen LogP contribution >= 0.6 is 0 Å². The molecule has 104 valence electrons. The van der Waals surface area contributed by atoms with Gasteiger partial charge in [0.1, 0.15) is 0 Å². The van der Waals surface area contributed by atoms with E-state index in [1.54, 1.807) is 0 Å². The van der Waals surface area contributed by atoms with E-state index in [4.69, 9.17) is 0 Å². The van der Waals surface area contributed by atoms with Crippen molar-refractivity contribution in [2.45, 2.75) is 52.4 Å². The van der Waals surface area contributed by atoms with Crippen molar-refractivity contribution in [1.29, 1.82) is 0 Å². The lowest BCUT2D eigenvalue weighted by Crippen LogP contribution is -2.48. The summed E-state index contributed by atoms with van der Waals surface area (Å²) in [6, 6.07) is 0. The maximum Gasteiger partial charge on any atom is 0.156 e. The fourth-order valence-corrected chi connectivity index (χ4v) is 4.76. The predicted octanol–water partition coefficient (Wildman–Crippen LogP) is 3.41. The molecule has 0 radical (unpaired) electrons. The minimum absolute atomic E-state index is 0.0103. The van der Waals surface area contributed by atoms with Crippen LogP contribution in [0.5, 0.6) is 0 Å². The minimum atomic E-state index is 0.0103. The topological polar surface area (TPSA) is 37.3 Å². The van der Waals surface area contributed by atoms with Gasteiger partial charge in [-0.1, -0.05) is 26.3 Å².